The first-order valence-corrected chi connectivity index (χ1v) is 4.58. The smallest absolute Gasteiger partial charge is 0.305 e. The first-order valence-electron chi connectivity index (χ1n) is 4.58. The van der Waals surface area contributed by atoms with Crippen molar-refractivity contribution in [2.24, 2.45) is 0 Å². The SMILES string of the molecule is CCCOCCO[C@@H](C)CC(=O)O. The average Bonchev–Trinajstić information content (AvgIpc) is 2.02. The highest BCUT2D eigenvalue weighted by Crippen LogP contribution is 1.96. The molecule has 0 aromatic rings. The van der Waals surface area contributed by atoms with Crippen molar-refractivity contribution in [3.63, 3.8) is 0 Å². The number of carboxylic acids is 1. The summed E-state index contributed by atoms with van der Waals surface area (Å²) in [6.07, 6.45) is 0.807. The number of rotatable bonds is 8. The van der Waals surface area contributed by atoms with Gasteiger partial charge < -0.3 is 14.6 Å². The van der Waals surface area contributed by atoms with Crippen LogP contribution in [0, 0.1) is 0 Å². The Hall–Kier alpha value is -0.610. The third kappa shape index (κ3) is 9.30. The molecule has 0 aromatic carbocycles. The summed E-state index contributed by atoms with van der Waals surface area (Å²) in [4.78, 5) is 10.2. The van der Waals surface area contributed by atoms with Crippen LogP contribution in [0.1, 0.15) is 26.7 Å². The van der Waals surface area contributed by atoms with Crippen molar-refractivity contribution in [1.29, 1.82) is 0 Å². The summed E-state index contributed by atoms with van der Waals surface area (Å²) in [5.74, 6) is -0.832. The molecular formula is C9H18O4. The topological polar surface area (TPSA) is 55.8 Å². The summed E-state index contributed by atoms with van der Waals surface area (Å²) in [6, 6.07) is 0. The van der Waals surface area contributed by atoms with Crippen molar-refractivity contribution in [2.45, 2.75) is 32.8 Å². The second kappa shape index (κ2) is 8.01. The van der Waals surface area contributed by atoms with Gasteiger partial charge in [-0.15, -0.1) is 0 Å². The van der Waals surface area contributed by atoms with Gasteiger partial charge in [-0.05, 0) is 13.3 Å². The van der Waals surface area contributed by atoms with Gasteiger partial charge in [0.15, 0.2) is 0 Å². The molecule has 0 bridgehead atoms. The fraction of sp³-hybridized carbons (Fsp3) is 0.889. The predicted octanol–water partition coefficient (Wildman–Crippen LogP) is 1.29. The Balaban J connectivity index is 3.17. The summed E-state index contributed by atoms with van der Waals surface area (Å²) in [6.45, 7) is 5.52. The number of ether oxygens (including phenoxy) is 2. The van der Waals surface area contributed by atoms with Gasteiger partial charge in [0.05, 0.1) is 25.7 Å². The lowest BCUT2D eigenvalue weighted by Crippen LogP contribution is -2.16. The van der Waals surface area contributed by atoms with Crippen molar-refractivity contribution in [2.75, 3.05) is 19.8 Å². The number of hydrogen-bond acceptors (Lipinski definition) is 3. The Bertz CT molecular complexity index is 136. The Morgan fingerprint density at radius 2 is 2.08 bits per heavy atom. The van der Waals surface area contributed by atoms with E-state index in [1.54, 1.807) is 6.92 Å². The Labute approximate surface area is 78.8 Å². The second-order valence-electron chi connectivity index (χ2n) is 2.89. The van der Waals surface area contributed by atoms with Gasteiger partial charge in [-0.1, -0.05) is 6.92 Å². The molecule has 1 atom stereocenters. The molecule has 0 unspecified atom stereocenters. The monoisotopic (exact) mass is 190 g/mol. The van der Waals surface area contributed by atoms with Crippen molar-refractivity contribution >= 4 is 5.97 Å². The molecule has 4 heteroatoms. The zero-order valence-corrected chi connectivity index (χ0v) is 8.28. The van der Waals surface area contributed by atoms with Crippen molar-refractivity contribution in [3.05, 3.63) is 0 Å². The molecule has 13 heavy (non-hydrogen) atoms. The molecule has 0 spiro atoms. The molecule has 0 aromatic heterocycles. The lowest BCUT2D eigenvalue weighted by Gasteiger charge is -2.10. The minimum Gasteiger partial charge on any atom is -0.481 e. The van der Waals surface area contributed by atoms with E-state index in [1.807, 2.05) is 6.92 Å². The Kier molecular flexibility index (Phi) is 7.63. The highest BCUT2D eigenvalue weighted by molar-refractivity contribution is 5.67. The molecule has 0 heterocycles. The second-order valence-corrected chi connectivity index (χ2v) is 2.89. The van der Waals surface area contributed by atoms with Crippen LogP contribution in [-0.4, -0.2) is 37.0 Å². The molecule has 0 saturated carbocycles. The molecule has 0 fully saturated rings. The lowest BCUT2D eigenvalue weighted by molar-refractivity contribution is -0.140. The van der Waals surface area contributed by atoms with E-state index in [4.69, 9.17) is 14.6 Å². The van der Waals surface area contributed by atoms with Crippen molar-refractivity contribution in [3.8, 4) is 0 Å². The molecule has 0 aliphatic heterocycles. The van der Waals surface area contributed by atoms with Gasteiger partial charge in [-0.25, -0.2) is 0 Å². The number of carbonyl (C=O) groups is 1. The maximum atomic E-state index is 10.2. The van der Waals surface area contributed by atoms with Gasteiger partial charge in [-0.2, -0.15) is 0 Å². The van der Waals surface area contributed by atoms with Crippen LogP contribution in [0.2, 0.25) is 0 Å². The first kappa shape index (κ1) is 12.4. The quantitative estimate of drug-likeness (QED) is 0.586. The summed E-state index contributed by atoms with van der Waals surface area (Å²) < 4.78 is 10.4. The zero-order valence-electron chi connectivity index (χ0n) is 8.28. The van der Waals surface area contributed by atoms with E-state index in [1.165, 1.54) is 0 Å². The van der Waals surface area contributed by atoms with E-state index < -0.39 is 5.97 Å². The highest BCUT2D eigenvalue weighted by atomic mass is 16.5. The summed E-state index contributed by atoms with van der Waals surface area (Å²) in [5, 5.41) is 8.41. The third-order valence-corrected chi connectivity index (χ3v) is 1.44. The maximum absolute atomic E-state index is 10.2. The number of carboxylic acid groups (broad SMARTS) is 1. The van der Waals surface area contributed by atoms with Gasteiger partial charge in [-0.3, -0.25) is 4.79 Å². The molecule has 0 rings (SSSR count). The molecule has 0 amide bonds. The molecule has 0 radical (unpaired) electrons. The summed E-state index contributed by atoms with van der Waals surface area (Å²) >= 11 is 0. The molecule has 0 aliphatic rings. The fourth-order valence-corrected chi connectivity index (χ4v) is 0.859. The standard InChI is InChI=1S/C9H18O4/c1-3-4-12-5-6-13-8(2)7-9(10)11/h8H,3-7H2,1-2H3,(H,10,11)/t8-/m0/s1. The Morgan fingerprint density at radius 1 is 1.38 bits per heavy atom. The van der Waals surface area contributed by atoms with E-state index in [0.717, 1.165) is 13.0 Å². The largest absolute Gasteiger partial charge is 0.481 e. The van der Waals surface area contributed by atoms with E-state index in [2.05, 4.69) is 0 Å². The van der Waals surface area contributed by atoms with Crippen LogP contribution < -0.4 is 0 Å². The Morgan fingerprint density at radius 3 is 2.62 bits per heavy atom. The molecule has 1 N–H and O–H groups in total. The maximum Gasteiger partial charge on any atom is 0.305 e. The molecule has 4 nitrogen and oxygen atoms in total. The van der Waals surface area contributed by atoms with Crippen LogP contribution >= 0.6 is 0 Å². The predicted molar refractivity (Wildman–Crippen MR) is 48.8 cm³/mol. The third-order valence-electron chi connectivity index (χ3n) is 1.44. The number of aliphatic carboxylic acids is 1. The van der Waals surface area contributed by atoms with Gasteiger partial charge >= 0.3 is 5.97 Å². The van der Waals surface area contributed by atoms with Crippen LogP contribution in [-0.2, 0) is 14.3 Å². The lowest BCUT2D eigenvalue weighted by atomic mass is 10.3. The molecule has 0 saturated heterocycles. The first-order chi connectivity index (χ1) is 6.16. The zero-order chi connectivity index (χ0) is 10.1. The highest BCUT2D eigenvalue weighted by Gasteiger charge is 2.06. The number of hydrogen-bond donors (Lipinski definition) is 1. The van der Waals surface area contributed by atoms with Gasteiger partial charge in [0.25, 0.3) is 0 Å². The van der Waals surface area contributed by atoms with Crippen LogP contribution in [0.25, 0.3) is 0 Å². The van der Waals surface area contributed by atoms with Crippen LogP contribution in [0.4, 0.5) is 0 Å². The molecular weight excluding hydrogens is 172 g/mol. The van der Waals surface area contributed by atoms with Crippen molar-refractivity contribution < 1.29 is 19.4 Å². The molecule has 0 aliphatic carbocycles. The van der Waals surface area contributed by atoms with E-state index in [-0.39, 0.29) is 12.5 Å². The van der Waals surface area contributed by atoms with E-state index in [0.29, 0.717) is 13.2 Å². The summed E-state index contributed by atoms with van der Waals surface area (Å²) in [5.41, 5.74) is 0. The minimum absolute atomic E-state index is 0.0494. The fourth-order valence-electron chi connectivity index (χ4n) is 0.859. The van der Waals surface area contributed by atoms with Gasteiger partial charge in [0, 0.05) is 6.61 Å². The normalized spacial score (nSPS) is 12.8. The summed E-state index contributed by atoms with van der Waals surface area (Å²) in [7, 11) is 0. The minimum atomic E-state index is -0.832. The van der Waals surface area contributed by atoms with Crippen LogP contribution in [0.15, 0.2) is 0 Å². The van der Waals surface area contributed by atoms with Gasteiger partial charge in [0.2, 0.25) is 0 Å². The van der Waals surface area contributed by atoms with E-state index in [9.17, 15) is 4.79 Å². The molecule has 78 valence electrons. The van der Waals surface area contributed by atoms with Crippen LogP contribution in [0.5, 0.6) is 0 Å². The van der Waals surface area contributed by atoms with Crippen molar-refractivity contribution in [1.82, 2.24) is 0 Å². The van der Waals surface area contributed by atoms with Gasteiger partial charge in [0.1, 0.15) is 0 Å². The van der Waals surface area contributed by atoms with E-state index >= 15 is 0 Å². The van der Waals surface area contributed by atoms with Crippen LogP contribution in [0.3, 0.4) is 0 Å². The average molecular weight is 190 g/mol.